The van der Waals surface area contributed by atoms with Crippen molar-refractivity contribution in [2.24, 2.45) is 0 Å². The van der Waals surface area contributed by atoms with E-state index in [1.165, 1.54) is 18.0 Å². The summed E-state index contributed by atoms with van der Waals surface area (Å²) in [5, 5.41) is 12.2. The lowest BCUT2D eigenvalue weighted by molar-refractivity contribution is -0.136. The molecule has 27 heavy (non-hydrogen) atoms. The number of carbonyl (C=O) groups is 5. The fourth-order valence-electron chi connectivity index (χ4n) is 2.69. The summed E-state index contributed by atoms with van der Waals surface area (Å²) in [5.41, 5.74) is 0.728. The maximum Gasteiger partial charge on any atom is 0.257 e. The van der Waals surface area contributed by atoms with E-state index < -0.39 is 17.9 Å². The third kappa shape index (κ3) is 5.45. The van der Waals surface area contributed by atoms with E-state index in [2.05, 4.69) is 10.6 Å². The molecule has 0 aromatic heterocycles. The normalized spacial score (nSPS) is 15.7. The molecule has 0 aliphatic carbocycles. The highest BCUT2D eigenvalue weighted by atomic mass is 16.2. The highest BCUT2D eigenvalue weighted by Crippen LogP contribution is 2.23. The number of hydrogen-bond acceptors (Lipinski definition) is 7. The predicted molar refractivity (Wildman–Crippen MR) is 97.4 cm³/mol. The Morgan fingerprint density at radius 3 is 2.63 bits per heavy atom. The maximum atomic E-state index is 12.9. The molecule has 146 valence electrons. The SMILES string of the molecule is CN(C(=O)c1c(C=O)cccc1NCCC=O)C1CCC(=O)NC1=O.CO. The van der Waals surface area contributed by atoms with Crippen molar-refractivity contribution in [1.29, 1.82) is 0 Å². The molecule has 0 saturated carbocycles. The first-order valence-electron chi connectivity index (χ1n) is 8.30. The molecule has 1 aromatic rings. The number of aliphatic hydroxyl groups is 1. The second-order valence-corrected chi connectivity index (χ2v) is 5.65. The molecule has 1 heterocycles. The largest absolute Gasteiger partial charge is 0.400 e. The third-order valence-electron chi connectivity index (χ3n) is 4.01. The van der Waals surface area contributed by atoms with Gasteiger partial charge in [-0.05, 0) is 12.5 Å². The van der Waals surface area contributed by atoms with Gasteiger partial charge >= 0.3 is 0 Å². The van der Waals surface area contributed by atoms with Crippen LogP contribution >= 0.6 is 0 Å². The molecule has 2 rings (SSSR count). The summed E-state index contributed by atoms with van der Waals surface area (Å²) < 4.78 is 0. The van der Waals surface area contributed by atoms with Gasteiger partial charge in [-0.2, -0.15) is 0 Å². The van der Waals surface area contributed by atoms with E-state index in [9.17, 15) is 24.0 Å². The molecule has 1 aliphatic rings. The van der Waals surface area contributed by atoms with E-state index in [1.54, 1.807) is 12.1 Å². The lowest BCUT2D eigenvalue weighted by atomic mass is 10.0. The number of aliphatic hydroxyl groups excluding tert-OH is 1. The standard InChI is InChI=1S/C17H19N3O5.CH4O/c1-20(13-6-7-14(23)19-16(13)24)17(25)15-11(10-22)4-2-5-12(15)18-8-3-9-21;1-2/h2,4-5,9-10,13,18H,3,6-8H2,1H3,(H,19,23,24);2H,1H3. The number of anilines is 1. The molecule has 0 spiro atoms. The molecule has 1 saturated heterocycles. The first-order valence-corrected chi connectivity index (χ1v) is 8.30. The Bertz CT molecular complexity index is 719. The number of piperidine rings is 1. The van der Waals surface area contributed by atoms with Gasteiger partial charge in [0.05, 0.1) is 5.56 Å². The number of rotatable bonds is 7. The van der Waals surface area contributed by atoms with Gasteiger partial charge in [-0.3, -0.25) is 24.5 Å². The molecule has 1 atom stereocenters. The van der Waals surface area contributed by atoms with Crippen LogP contribution in [0.3, 0.4) is 0 Å². The average molecular weight is 377 g/mol. The predicted octanol–water partition coefficient (Wildman–Crippen LogP) is -0.0143. The van der Waals surface area contributed by atoms with Crippen molar-refractivity contribution >= 4 is 36.0 Å². The van der Waals surface area contributed by atoms with Gasteiger partial charge in [0.2, 0.25) is 11.8 Å². The Morgan fingerprint density at radius 1 is 1.33 bits per heavy atom. The Balaban J connectivity index is 0.00000176. The van der Waals surface area contributed by atoms with Gasteiger partial charge < -0.3 is 20.1 Å². The number of aldehydes is 2. The van der Waals surface area contributed by atoms with Crippen LogP contribution in [-0.4, -0.2) is 67.0 Å². The third-order valence-corrected chi connectivity index (χ3v) is 4.01. The zero-order valence-electron chi connectivity index (χ0n) is 15.2. The highest BCUT2D eigenvalue weighted by Gasteiger charge is 2.33. The summed E-state index contributed by atoms with van der Waals surface area (Å²) in [7, 11) is 2.46. The minimum atomic E-state index is -0.785. The highest BCUT2D eigenvalue weighted by molar-refractivity contribution is 6.08. The number of hydrogen-bond donors (Lipinski definition) is 3. The van der Waals surface area contributed by atoms with Crippen LogP contribution < -0.4 is 10.6 Å². The van der Waals surface area contributed by atoms with Gasteiger partial charge in [0, 0.05) is 44.8 Å². The zero-order chi connectivity index (χ0) is 20.4. The van der Waals surface area contributed by atoms with Crippen LogP contribution in [0.4, 0.5) is 5.69 Å². The second kappa shape index (κ2) is 10.8. The molecule has 1 aliphatic heterocycles. The van der Waals surface area contributed by atoms with Crippen LogP contribution in [0.2, 0.25) is 0 Å². The smallest absolute Gasteiger partial charge is 0.257 e. The van der Waals surface area contributed by atoms with Gasteiger partial charge in [-0.1, -0.05) is 12.1 Å². The Hall–Kier alpha value is -3.07. The molecular weight excluding hydrogens is 354 g/mol. The average Bonchev–Trinajstić information content (AvgIpc) is 2.68. The van der Waals surface area contributed by atoms with Gasteiger partial charge in [-0.25, -0.2) is 0 Å². The van der Waals surface area contributed by atoms with E-state index in [0.29, 0.717) is 18.5 Å². The number of likely N-dealkylation sites (N-methyl/N-ethyl adjacent to an activating group) is 1. The molecule has 0 bridgehead atoms. The van der Waals surface area contributed by atoms with E-state index in [0.717, 1.165) is 13.4 Å². The van der Waals surface area contributed by atoms with Gasteiger partial charge in [-0.15, -0.1) is 0 Å². The summed E-state index contributed by atoms with van der Waals surface area (Å²) in [5.74, 6) is -1.41. The molecule has 1 aromatic carbocycles. The monoisotopic (exact) mass is 377 g/mol. The molecule has 9 heteroatoms. The second-order valence-electron chi connectivity index (χ2n) is 5.65. The molecule has 3 amide bonds. The van der Waals surface area contributed by atoms with Crippen LogP contribution in [-0.2, 0) is 14.4 Å². The van der Waals surface area contributed by atoms with E-state index in [4.69, 9.17) is 5.11 Å². The zero-order valence-corrected chi connectivity index (χ0v) is 15.2. The van der Waals surface area contributed by atoms with Crippen molar-refractivity contribution in [1.82, 2.24) is 10.2 Å². The number of carbonyl (C=O) groups excluding carboxylic acids is 5. The number of benzene rings is 1. The summed E-state index contributed by atoms with van der Waals surface area (Å²) in [6, 6.07) is 3.97. The fraction of sp³-hybridized carbons (Fsp3) is 0.389. The molecule has 1 unspecified atom stereocenters. The number of imide groups is 1. The Morgan fingerprint density at radius 2 is 2.04 bits per heavy atom. The van der Waals surface area contributed by atoms with Crippen molar-refractivity contribution in [2.75, 3.05) is 26.0 Å². The number of nitrogens with zero attached hydrogens (tertiary/aromatic N) is 1. The van der Waals surface area contributed by atoms with Gasteiger partial charge in [0.25, 0.3) is 5.91 Å². The molecule has 0 radical (unpaired) electrons. The topological polar surface area (TPSA) is 133 Å². The Labute approximate surface area is 156 Å². The molecule has 1 fully saturated rings. The minimum absolute atomic E-state index is 0.135. The Kier molecular flexibility index (Phi) is 8.80. The number of nitrogens with one attached hydrogen (secondary N) is 2. The van der Waals surface area contributed by atoms with Crippen molar-refractivity contribution < 1.29 is 29.1 Å². The van der Waals surface area contributed by atoms with Crippen molar-refractivity contribution in [3.05, 3.63) is 29.3 Å². The van der Waals surface area contributed by atoms with Crippen LogP contribution in [0.25, 0.3) is 0 Å². The molecular formula is C18H23N3O6. The van der Waals surface area contributed by atoms with E-state index in [1.807, 2.05) is 0 Å². The quantitative estimate of drug-likeness (QED) is 0.346. The summed E-state index contributed by atoms with van der Waals surface area (Å²) in [6.07, 6.45) is 1.93. The van der Waals surface area contributed by atoms with Crippen LogP contribution in [0.15, 0.2) is 18.2 Å². The van der Waals surface area contributed by atoms with Gasteiger partial charge in [0.1, 0.15) is 12.3 Å². The lowest BCUT2D eigenvalue weighted by Crippen LogP contribution is -2.53. The van der Waals surface area contributed by atoms with Crippen LogP contribution in [0.5, 0.6) is 0 Å². The van der Waals surface area contributed by atoms with Crippen molar-refractivity contribution in [3.8, 4) is 0 Å². The lowest BCUT2D eigenvalue weighted by Gasteiger charge is -2.30. The first-order chi connectivity index (χ1) is 13.0. The summed E-state index contributed by atoms with van der Waals surface area (Å²) in [6.45, 7) is 0.314. The number of amides is 3. The van der Waals surface area contributed by atoms with E-state index >= 15 is 0 Å². The maximum absolute atomic E-state index is 12.9. The van der Waals surface area contributed by atoms with E-state index in [-0.39, 0.29) is 36.3 Å². The van der Waals surface area contributed by atoms with Gasteiger partial charge in [0.15, 0.2) is 6.29 Å². The fourth-order valence-corrected chi connectivity index (χ4v) is 2.69. The van der Waals surface area contributed by atoms with Crippen LogP contribution in [0, 0.1) is 0 Å². The molecule has 3 N–H and O–H groups in total. The summed E-state index contributed by atoms with van der Waals surface area (Å²) in [4.78, 5) is 59.2. The minimum Gasteiger partial charge on any atom is -0.400 e. The van der Waals surface area contributed by atoms with Crippen molar-refractivity contribution in [3.63, 3.8) is 0 Å². The molecule has 9 nitrogen and oxygen atoms in total. The van der Waals surface area contributed by atoms with Crippen molar-refractivity contribution in [2.45, 2.75) is 25.3 Å². The summed E-state index contributed by atoms with van der Waals surface area (Å²) >= 11 is 0. The van der Waals surface area contributed by atoms with Crippen LogP contribution in [0.1, 0.15) is 40.0 Å². The first kappa shape index (κ1) is 22.0.